The molecule has 0 saturated carbocycles. The van der Waals surface area contributed by atoms with Crippen molar-refractivity contribution in [3.63, 3.8) is 0 Å². The molecule has 0 radical (unpaired) electrons. The zero-order valence-corrected chi connectivity index (χ0v) is 19.2. The van der Waals surface area contributed by atoms with E-state index in [1.54, 1.807) is 40.1 Å². The van der Waals surface area contributed by atoms with Crippen LogP contribution in [0.5, 0.6) is 0 Å². The number of pyridine rings is 1. The predicted molar refractivity (Wildman–Crippen MR) is 127 cm³/mol. The van der Waals surface area contributed by atoms with Gasteiger partial charge in [0.1, 0.15) is 5.82 Å². The third kappa shape index (κ3) is 5.67. The van der Waals surface area contributed by atoms with Crippen LogP contribution in [0.4, 0.5) is 5.82 Å². The van der Waals surface area contributed by atoms with Gasteiger partial charge in [-0.05, 0) is 48.6 Å². The number of piperidine rings is 1. The number of carbonyl (C=O) groups excluding carboxylic acids is 2. The first kappa shape index (κ1) is 21.9. The monoisotopic (exact) mass is 471 g/mol. The number of nitrogens with zero attached hydrogens (tertiary/aromatic N) is 2. The molecule has 31 heavy (non-hydrogen) atoms. The third-order valence-electron chi connectivity index (χ3n) is 5.13. The van der Waals surface area contributed by atoms with Crippen LogP contribution < -0.4 is 5.32 Å². The molecule has 1 fully saturated rings. The fourth-order valence-corrected chi connectivity index (χ4v) is 5.47. The van der Waals surface area contributed by atoms with Crippen molar-refractivity contribution in [1.82, 2.24) is 9.88 Å². The molecular formula is C23H22ClN3O2S2. The quantitative estimate of drug-likeness (QED) is 0.477. The van der Waals surface area contributed by atoms with Crippen LogP contribution in [-0.2, 0) is 10.5 Å². The Morgan fingerprint density at radius 2 is 2.06 bits per heavy atom. The number of thioether (sulfide) groups is 1. The number of aromatic nitrogens is 1. The number of thiophene rings is 1. The molecule has 0 aliphatic carbocycles. The van der Waals surface area contributed by atoms with Gasteiger partial charge in [-0.1, -0.05) is 29.8 Å². The van der Waals surface area contributed by atoms with Crippen molar-refractivity contribution >= 4 is 52.3 Å². The van der Waals surface area contributed by atoms with Crippen LogP contribution in [0.2, 0.25) is 5.02 Å². The average Bonchev–Trinajstić information content (AvgIpc) is 3.33. The maximum Gasteiger partial charge on any atom is 0.255 e. The van der Waals surface area contributed by atoms with Crippen LogP contribution in [0.1, 0.15) is 28.1 Å². The van der Waals surface area contributed by atoms with Gasteiger partial charge in [0.2, 0.25) is 5.91 Å². The highest BCUT2D eigenvalue weighted by Crippen LogP contribution is 2.30. The number of carbonyl (C=O) groups is 2. The Kier molecular flexibility index (Phi) is 7.27. The summed E-state index contributed by atoms with van der Waals surface area (Å²) in [6, 6.07) is 15.2. The van der Waals surface area contributed by atoms with E-state index in [4.69, 9.17) is 11.6 Å². The molecule has 3 aromatic rings. The first-order valence-electron chi connectivity index (χ1n) is 10.1. The molecule has 0 bridgehead atoms. The topological polar surface area (TPSA) is 62.3 Å². The summed E-state index contributed by atoms with van der Waals surface area (Å²) in [4.78, 5) is 34.2. The first-order valence-corrected chi connectivity index (χ1v) is 12.3. The number of anilines is 1. The highest BCUT2D eigenvalue weighted by Gasteiger charge is 2.30. The minimum absolute atomic E-state index is 0.0172. The predicted octanol–water partition coefficient (Wildman–Crippen LogP) is 5.58. The second kappa shape index (κ2) is 10.3. The Hall–Kier alpha value is -2.35. The number of likely N-dealkylation sites (tertiary alicyclic amines) is 1. The van der Waals surface area contributed by atoms with Crippen LogP contribution in [0, 0.1) is 5.92 Å². The number of nitrogens with one attached hydrogen (secondary N) is 1. The van der Waals surface area contributed by atoms with Crippen LogP contribution >= 0.6 is 34.7 Å². The lowest BCUT2D eigenvalue weighted by molar-refractivity contribution is -0.121. The van der Waals surface area contributed by atoms with Gasteiger partial charge in [-0.15, -0.1) is 23.1 Å². The van der Waals surface area contributed by atoms with Gasteiger partial charge in [0.15, 0.2) is 0 Å². The number of hydrogen-bond donors (Lipinski definition) is 1. The Labute approximate surface area is 194 Å². The summed E-state index contributed by atoms with van der Waals surface area (Å²) < 4.78 is 0. The molecule has 2 aromatic heterocycles. The van der Waals surface area contributed by atoms with E-state index in [0.717, 1.165) is 23.5 Å². The summed E-state index contributed by atoms with van der Waals surface area (Å²) in [5, 5.41) is 5.41. The van der Waals surface area contributed by atoms with E-state index in [2.05, 4.69) is 21.7 Å². The molecule has 3 heterocycles. The van der Waals surface area contributed by atoms with E-state index in [1.165, 1.54) is 11.1 Å². The lowest BCUT2D eigenvalue weighted by atomic mass is 9.96. The van der Waals surface area contributed by atoms with Crippen LogP contribution in [0.25, 0.3) is 0 Å². The van der Waals surface area contributed by atoms with Gasteiger partial charge in [0, 0.05) is 34.8 Å². The molecule has 1 unspecified atom stereocenters. The van der Waals surface area contributed by atoms with Gasteiger partial charge in [-0.25, -0.2) is 4.98 Å². The highest BCUT2D eigenvalue weighted by molar-refractivity contribution is 7.98. The van der Waals surface area contributed by atoms with Gasteiger partial charge in [-0.2, -0.15) is 0 Å². The van der Waals surface area contributed by atoms with Crippen LogP contribution in [0.15, 0.2) is 65.0 Å². The highest BCUT2D eigenvalue weighted by atomic mass is 35.5. The van der Waals surface area contributed by atoms with Gasteiger partial charge >= 0.3 is 0 Å². The molecule has 1 atom stereocenters. The Balaban J connectivity index is 1.41. The maximum atomic E-state index is 13.3. The number of hydrogen-bond acceptors (Lipinski definition) is 5. The molecule has 1 aliphatic heterocycles. The Morgan fingerprint density at radius 3 is 2.84 bits per heavy atom. The van der Waals surface area contributed by atoms with Gasteiger partial charge in [0.25, 0.3) is 5.91 Å². The molecule has 1 N–H and O–H groups in total. The fourth-order valence-electron chi connectivity index (χ4n) is 3.54. The number of halogens is 1. The summed E-state index contributed by atoms with van der Waals surface area (Å²) in [6.07, 6.45) is 3.04. The molecule has 8 heteroatoms. The van der Waals surface area contributed by atoms with Gasteiger partial charge < -0.3 is 10.2 Å². The smallest absolute Gasteiger partial charge is 0.255 e. The fraction of sp³-hybridized carbons (Fsp3) is 0.261. The van der Waals surface area contributed by atoms with E-state index in [-0.39, 0.29) is 17.7 Å². The lowest BCUT2D eigenvalue weighted by Gasteiger charge is -2.32. The first-order chi connectivity index (χ1) is 15.1. The minimum atomic E-state index is -0.263. The van der Waals surface area contributed by atoms with E-state index >= 15 is 0 Å². The molecule has 0 spiro atoms. The Bertz CT molecular complexity index is 1040. The second-order valence-corrected chi connectivity index (χ2v) is 9.79. The van der Waals surface area contributed by atoms with E-state index in [9.17, 15) is 9.59 Å². The van der Waals surface area contributed by atoms with E-state index in [0.29, 0.717) is 29.5 Å². The SMILES string of the molecule is O=C(Nc1ccc(Cl)cn1)C1CCCN(C(=O)c2ccccc2SCc2cccs2)C1. The molecule has 1 saturated heterocycles. The van der Waals surface area contributed by atoms with E-state index in [1.807, 2.05) is 30.3 Å². The summed E-state index contributed by atoms with van der Waals surface area (Å²) in [6.45, 7) is 1.06. The summed E-state index contributed by atoms with van der Waals surface area (Å²) >= 11 is 9.24. The molecule has 1 aliphatic rings. The Morgan fingerprint density at radius 1 is 1.19 bits per heavy atom. The standard InChI is InChI=1S/C23H22ClN3O2S2/c24-17-9-10-21(25-13-17)26-22(28)16-5-3-11-27(14-16)23(29)19-7-1-2-8-20(19)31-15-18-6-4-12-30-18/h1-2,4,6-10,12-13,16H,3,5,11,14-15H2,(H,25,26,28). The third-order valence-corrected chi connectivity index (χ3v) is 7.53. The summed E-state index contributed by atoms with van der Waals surface area (Å²) in [5.74, 6) is 0.902. The molecule has 4 rings (SSSR count). The van der Waals surface area contributed by atoms with Crippen molar-refractivity contribution < 1.29 is 9.59 Å². The van der Waals surface area contributed by atoms with Crippen molar-refractivity contribution in [2.24, 2.45) is 5.92 Å². The zero-order chi connectivity index (χ0) is 21.6. The largest absolute Gasteiger partial charge is 0.338 e. The normalized spacial score (nSPS) is 16.2. The van der Waals surface area contributed by atoms with Crippen molar-refractivity contribution in [3.05, 3.63) is 75.6 Å². The summed E-state index contributed by atoms with van der Waals surface area (Å²) in [5.41, 5.74) is 0.699. The minimum Gasteiger partial charge on any atom is -0.338 e. The number of benzene rings is 1. The number of rotatable bonds is 6. The maximum absolute atomic E-state index is 13.3. The molecule has 160 valence electrons. The lowest BCUT2D eigenvalue weighted by Crippen LogP contribution is -2.44. The van der Waals surface area contributed by atoms with Gasteiger partial charge in [0.05, 0.1) is 16.5 Å². The van der Waals surface area contributed by atoms with E-state index < -0.39 is 0 Å². The second-order valence-electron chi connectivity index (χ2n) is 7.31. The van der Waals surface area contributed by atoms with Crippen molar-refractivity contribution in [1.29, 1.82) is 0 Å². The summed E-state index contributed by atoms with van der Waals surface area (Å²) in [7, 11) is 0. The van der Waals surface area contributed by atoms with Crippen molar-refractivity contribution in [2.75, 3.05) is 18.4 Å². The van der Waals surface area contributed by atoms with Crippen molar-refractivity contribution in [3.8, 4) is 0 Å². The average molecular weight is 472 g/mol. The van der Waals surface area contributed by atoms with Crippen molar-refractivity contribution in [2.45, 2.75) is 23.5 Å². The van der Waals surface area contributed by atoms with Crippen LogP contribution in [0.3, 0.4) is 0 Å². The van der Waals surface area contributed by atoms with Gasteiger partial charge in [-0.3, -0.25) is 9.59 Å². The van der Waals surface area contributed by atoms with Crippen LogP contribution in [-0.4, -0.2) is 34.8 Å². The molecule has 2 amide bonds. The zero-order valence-electron chi connectivity index (χ0n) is 16.8. The molecule has 5 nitrogen and oxygen atoms in total. The molecule has 1 aromatic carbocycles. The molecular weight excluding hydrogens is 450 g/mol. The number of amides is 2.